The Bertz CT molecular complexity index is 866. The molecule has 0 spiro atoms. The first-order valence-corrected chi connectivity index (χ1v) is 10.9. The van der Waals surface area contributed by atoms with Gasteiger partial charge in [-0.3, -0.25) is 10.1 Å². The maximum Gasteiger partial charge on any atom is 0.412 e. The van der Waals surface area contributed by atoms with Crippen molar-refractivity contribution in [1.82, 2.24) is 5.43 Å². The smallest absolute Gasteiger partial charge is 0.412 e. The quantitative estimate of drug-likeness (QED) is 0.615. The lowest BCUT2D eigenvalue weighted by Gasteiger charge is -2.41. The fraction of sp³-hybridized carbons (Fsp3) is 0.417. The van der Waals surface area contributed by atoms with E-state index in [2.05, 4.69) is 10.7 Å². The number of methoxy groups -OCH3 is 1. The Hall–Kier alpha value is -3.06. The van der Waals surface area contributed by atoms with Gasteiger partial charge in [0, 0.05) is 5.69 Å². The van der Waals surface area contributed by atoms with Gasteiger partial charge >= 0.3 is 6.09 Å². The van der Waals surface area contributed by atoms with Crippen molar-refractivity contribution in [1.29, 1.82) is 0 Å². The van der Waals surface area contributed by atoms with Gasteiger partial charge in [0.2, 0.25) is 0 Å². The summed E-state index contributed by atoms with van der Waals surface area (Å²) in [5, 5.41) is 2.77. The second-order valence-electron chi connectivity index (χ2n) is 7.90. The predicted octanol–water partition coefficient (Wildman–Crippen LogP) is 4.37. The van der Waals surface area contributed by atoms with Gasteiger partial charge in [-0.05, 0) is 49.9 Å². The molecule has 7 nitrogen and oxygen atoms in total. The maximum absolute atomic E-state index is 13.1. The van der Waals surface area contributed by atoms with E-state index in [1.807, 2.05) is 49.4 Å². The molecule has 2 amide bonds. The molecule has 1 aliphatic rings. The van der Waals surface area contributed by atoms with Gasteiger partial charge in [0.1, 0.15) is 25.4 Å². The monoisotopic (exact) mass is 426 g/mol. The molecule has 166 valence electrons. The van der Waals surface area contributed by atoms with E-state index in [0.717, 1.165) is 32.4 Å². The van der Waals surface area contributed by atoms with Gasteiger partial charge in [-0.15, -0.1) is 0 Å². The van der Waals surface area contributed by atoms with E-state index in [4.69, 9.17) is 9.47 Å². The summed E-state index contributed by atoms with van der Waals surface area (Å²) in [5.41, 5.74) is 4.41. The predicted molar refractivity (Wildman–Crippen MR) is 120 cm³/mol. The van der Waals surface area contributed by atoms with Crippen LogP contribution in [0.1, 0.15) is 43.0 Å². The summed E-state index contributed by atoms with van der Waals surface area (Å²) in [6.07, 6.45) is 3.02. The first-order valence-electron chi connectivity index (χ1n) is 10.9. The molecular formula is C24H32N3O4+. The van der Waals surface area contributed by atoms with Crippen LogP contribution in [0.25, 0.3) is 0 Å². The fourth-order valence-electron chi connectivity index (χ4n) is 4.03. The van der Waals surface area contributed by atoms with E-state index in [-0.39, 0.29) is 12.0 Å². The minimum absolute atomic E-state index is 0.178. The number of hydrogen-bond donors (Lipinski definition) is 2. The third-order valence-electron chi connectivity index (χ3n) is 5.66. The molecule has 7 heteroatoms. The molecule has 1 atom stereocenters. The average Bonchev–Trinajstić information content (AvgIpc) is 2.79. The number of quaternary nitrogens is 1. The van der Waals surface area contributed by atoms with Crippen LogP contribution >= 0.6 is 0 Å². The van der Waals surface area contributed by atoms with Crippen LogP contribution in [-0.4, -0.2) is 49.4 Å². The number of amides is 2. The van der Waals surface area contributed by atoms with Crippen LogP contribution in [0.5, 0.6) is 5.75 Å². The van der Waals surface area contributed by atoms with Crippen molar-refractivity contribution < 1.29 is 23.7 Å². The third-order valence-corrected chi connectivity index (χ3v) is 5.66. The standard InChI is InChI=1S/C24H31N3O4/c1-3-20(31-24(29)25-19-12-6-4-7-13-19)18-27(16-10-5-11-17-27)26-23(28)21-14-8-9-15-22(21)30-2/h4,6-9,12-15,20H,3,5,10-11,16-18H2,1-2H3,(H-,25,26,28,29)/p+1. The Morgan fingerprint density at radius 3 is 2.35 bits per heavy atom. The molecule has 0 aliphatic carbocycles. The van der Waals surface area contributed by atoms with E-state index in [1.54, 1.807) is 19.2 Å². The lowest BCUT2D eigenvalue weighted by Crippen LogP contribution is -2.65. The number of anilines is 1. The van der Waals surface area contributed by atoms with Crippen LogP contribution in [0.3, 0.4) is 0 Å². The Labute approximate surface area is 183 Å². The molecule has 3 rings (SSSR count). The van der Waals surface area contributed by atoms with Crippen LogP contribution in [0.15, 0.2) is 54.6 Å². The van der Waals surface area contributed by atoms with Crippen molar-refractivity contribution in [2.75, 3.05) is 32.1 Å². The molecule has 31 heavy (non-hydrogen) atoms. The van der Waals surface area contributed by atoms with Gasteiger partial charge in [0.25, 0.3) is 5.91 Å². The average molecular weight is 427 g/mol. The molecular weight excluding hydrogens is 394 g/mol. The van der Waals surface area contributed by atoms with Crippen LogP contribution in [-0.2, 0) is 4.74 Å². The highest BCUT2D eigenvalue weighted by molar-refractivity contribution is 5.96. The van der Waals surface area contributed by atoms with Gasteiger partial charge in [0.05, 0.1) is 12.7 Å². The number of piperidine rings is 1. The van der Waals surface area contributed by atoms with Crippen molar-refractivity contribution in [3.63, 3.8) is 0 Å². The lowest BCUT2D eigenvalue weighted by molar-refractivity contribution is -0.967. The highest BCUT2D eigenvalue weighted by atomic mass is 16.6. The molecule has 2 N–H and O–H groups in total. The number of nitrogens with one attached hydrogen (secondary N) is 2. The van der Waals surface area contributed by atoms with Crippen LogP contribution in [0.4, 0.5) is 10.5 Å². The summed E-state index contributed by atoms with van der Waals surface area (Å²) in [4.78, 5) is 25.5. The van der Waals surface area contributed by atoms with Crippen molar-refractivity contribution in [3.05, 3.63) is 60.2 Å². The number of ether oxygens (including phenoxy) is 2. The van der Waals surface area contributed by atoms with Crippen LogP contribution in [0.2, 0.25) is 0 Å². The summed E-state index contributed by atoms with van der Waals surface area (Å²) in [5.74, 6) is 0.364. The summed E-state index contributed by atoms with van der Waals surface area (Å²) in [7, 11) is 1.56. The minimum atomic E-state index is -0.482. The number of hydrogen-bond acceptors (Lipinski definition) is 4. The first kappa shape index (κ1) is 22.6. The van der Waals surface area contributed by atoms with E-state index >= 15 is 0 Å². The molecule has 2 aromatic rings. The zero-order valence-electron chi connectivity index (χ0n) is 18.3. The zero-order valence-corrected chi connectivity index (χ0v) is 18.3. The van der Waals surface area contributed by atoms with Gasteiger partial charge in [-0.2, -0.15) is 5.43 Å². The molecule has 0 saturated carbocycles. The molecule has 2 aromatic carbocycles. The molecule has 1 saturated heterocycles. The Balaban J connectivity index is 1.70. The first-order chi connectivity index (χ1) is 15.0. The molecule has 1 heterocycles. The number of nitrogens with zero attached hydrogens (tertiary/aromatic N) is 1. The Morgan fingerprint density at radius 2 is 1.68 bits per heavy atom. The Morgan fingerprint density at radius 1 is 1.00 bits per heavy atom. The van der Waals surface area contributed by atoms with Crippen molar-refractivity contribution in [2.24, 2.45) is 0 Å². The summed E-state index contributed by atoms with van der Waals surface area (Å²) >= 11 is 0. The minimum Gasteiger partial charge on any atom is -0.496 e. The van der Waals surface area contributed by atoms with Crippen molar-refractivity contribution >= 4 is 17.7 Å². The highest BCUT2D eigenvalue weighted by Crippen LogP contribution is 2.22. The summed E-state index contributed by atoms with van der Waals surface area (Å²) in [6, 6.07) is 16.4. The van der Waals surface area contributed by atoms with Gasteiger partial charge in [-0.1, -0.05) is 37.3 Å². The number of para-hydroxylation sites is 2. The molecule has 1 unspecified atom stereocenters. The summed E-state index contributed by atoms with van der Waals surface area (Å²) in [6.45, 7) is 4.13. The normalized spacial score (nSPS) is 16.1. The highest BCUT2D eigenvalue weighted by Gasteiger charge is 2.37. The number of likely N-dealkylation sites (tertiary alicyclic amines) is 1. The third kappa shape index (κ3) is 6.21. The number of carbonyl (C=O) groups excluding carboxylic acids is 2. The van der Waals surface area contributed by atoms with Crippen LogP contribution in [0, 0.1) is 0 Å². The second-order valence-corrected chi connectivity index (χ2v) is 7.90. The summed E-state index contributed by atoms with van der Waals surface area (Å²) < 4.78 is 11.5. The van der Waals surface area contributed by atoms with Crippen molar-refractivity contribution in [2.45, 2.75) is 38.7 Å². The lowest BCUT2D eigenvalue weighted by atomic mass is 10.1. The molecule has 0 aromatic heterocycles. The van der Waals surface area contributed by atoms with Gasteiger partial charge in [0.15, 0.2) is 6.10 Å². The zero-order chi connectivity index (χ0) is 22.1. The maximum atomic E-state index is 13.1. The SMILES string of the molecule is CCC(C[N+]1(NC(=O)c2ccccc2OC)CCCCC1)OC(=O)Nc1ccccc1. The van der Waals surface area contributed by atoms with E-state index in [9.17, 15) is 9.59 Å². The van der Waals surface area contributed by atoms with E-state index in [0.29, 0.717) is 34.6 Å². The van der Waals surface area contributed by atoms with Crippen molar-refractivity contribution in [3.8, 4) is 5.75 Å². The topological polar surface area (TPSA) is 76.7 Å². The molecule has 0 radical (unpaired) electrons. The van der Waals surface area contributed by atoms with Crippen LogP contribution < -0.4 is 15.5 Å². The Kier molecular flexibility index (Phi) is 7.89. The molecule has 1 aliphatic heterocycles. The number of benzene rings is 2. The van der Waals surface area contributed by atoms with Gasteiger partial charge in [-0.25, -0.2) is 9.39 Å². The largest absolute Gasteiger partial charge is 0.496 e. The molecule has 1 fully saturated rings. The van der Waals surface area contributed by atoms with E-state index in [1.165, 1.54) is 0 Å². The molecule has 0 bridgehead atoms. The number of carbonyl (C=O) groups is 2. The van der Waals surface area contributed by atoms with E-state index < -0.39 is 6.09 Å². The second kappa shape index (κ2) is 10.8. The van der Waals surface area contributed by atoms with Gasteiger partial charge < -0.3 is 9.47 Å². The fourth-order valence-corrected chi connectivity index (χ4v) is 4.03. The number of rotatable bonds is 8.